The van der Waals surface area contributed by atoms with Gasteiger partial charge in [-0.2, -0.15) is 0 Å². The summed E-state index contributed by atoms with van der Waals surface area (Å²) in [5.41, 5.74) is 4.05. The predicted octanol–water partition coefficient (Wildman–Crippen LogP) is 4.39. The molecule has 102 valence electrons. The van der Waals surface area contributed by atoms with Crippen molar-refractivity contribution in [3.05, 3.63) is 60.7 Å². The summed E-state index contributed by atoms with van der Waals surface area (Å²) in [5.74, 6) is 0.639. The van der Waals surface area contributed by atoms with Gasteiger partial charge in [-0.25, -0.2) is 4.98 Å². The number of benzene rings is 2. The van der Waals surface area contributed by atoms with Gasteiger partial charge in [0.2, 0.25) is 5.88 Å². The minimum absolute atomic E-state index is 0.639. The molecular formula is C18H14N2O. The standard InChI is InChI=1S/C18H14N2O/c1-21-18-14(10-12-6-2-5-9-16(12)20-18)17-11-13-7-3-4-8-15(13)19-17/h2-11,19H,1H3. The Kier molecular flexibility index (Phi) is 2.64. The Morgan fingerprint density at radius 2 is 1.67 bits per heavy atom. The van der Waals surface area contributed by atoms with Crippen molar-refractivity contribution in [1.82, 2.24) is 9.97 Å². The monoisotopic (exact) mass is 274 g/mol. The van der Waals surface area contributed by atoms with E-state index < -0.39 is 0 Å². The number of para-hydroxylation sites is 2. The molecular weight excluding hydrogens is 260 g/mol. The Bertz CT molecular complexity index is 907. The fourth-order valence-electron chi connectivity index (χ4n) is 2.67. The zero-order valence-electron chi connectivity index (χ0n) is 11.6. The van der Waals surface area contributed by atoms with Gasteiger partial charge >= 0.3 is 0 Å². The number of pyridine rings is 1. The number of fused-ring (bicyclic) bond motifs is 2. The number of ether oxygens (including phenoxy) is 1. The molecule has 2 aromatic heterocycles. The lowest BCUT2D eigenvalue weighted by Gasteiger charge is -2.08. The van der Waals surface area contributed by atoms with Crippen LogP contribution in [-0.2, 0) is 0 Å². The minimum atomic E-state index is 0.639. The molecule has 21 heavy (non-hydrogen) atoms. The smallest absolute Gasteiger partial charge is 0.223 e. The number of methoxy groups -OCH3 is 1. The van der Waals surface area contributed by atoms with Crippen LogP contribution in [0.15, 0.2) is 60.7 Å². The van der Waals surface area contributed by atoms with Crippen molar-refractivity contribution in [2.45, 2.75) is 0 Å². The van der Waals surface area contributed by atoms with Gasteiger partial charge in [0.15, 0.2) is 0 Å². The van der Waals surface area contributed by atoms with Crippen LogP contribution in [0, 0.1) is 0 Å². The molecule has 0 fully saturated rings. The van der Waals surface area contributed by atoms with Gasteiger partial charge in [-0.1, -0.05) is 36.4 Å². The number of hydrogen-bond donors (Lipinski definition) is 1. The lowest BCUT2D eigenvalue weighted by atomic mass is 10.1. The molecule has 0 aliphatic rings. The van der Waals surface area contributed by atoms with Gasteiger partial charge < -0.3 is 9.72 Å². The third-order valence-electron chi connectivity index (χ3n) is 3.70. The maximum absolute atomic E-state index is 5.47. The maximum Gasteiger partial charge on any atom is 0.223 e. The molecule has 0 spiro atoms. The molecule has 3 nitrogen and oxygen atoms in total. The summed E-state index contributed by atoms with van der Waals surface area (Å²) in [6.45, 7) is 0. The van der Waals surface area contributed by atoms with Crippen LogP contribution in [0.25, 0.3) is 33.1 Å². The summed E-state index contributed by atoms with van der Waals surface area (Å²) in [4.78, 5) is 8.03. The van der Waals surface area contributed by atoms with Crippen molar-refractivity contribution in [3.8, 4) is 17.1 Å². The van der Waals surface area contributed by atoms with E-state index in [4.69, 9.17) is 4.74 Å². The Balaban J connectivity index is 1.99. The maximum atomic E-state index is 5.47. The molecule has 2 heterocycles. The third-order valence-corrected chi connectivity index (χ3v) is 3.70. The van der Waals surface area contributed by atoms with Crippen molar-refractivity contribution >= 4 is 21.8 Å². The van der Waals surface area contributed by atoms with Gasteiger partial charge in [0.1, 0.15) is 0 Å². The van der Waals surface area contributed by atoms with Gasteiger partial charge in [-0.05, 0) is 24.3 Å². The largest absolute Gasteiger partial charge is 0.480 e. The molecule has 0 saturated heterocycles. The van der Waals surface area contributed by atoms with Crippen molar-refractivity contribution in [2.24, 2.45) is 0 Å². The highest BCUT2D eigenvalue weighted by molar-refractivity contribution is 5.90. The summed E-state index contributed by atoms with van der Waals surface area (Å²) < 4.78 is 5.47. The van der Waals surface area contributed by atoms with E-state index in [1.165, 1.54) is 5.39 Å². The van der Waals surface area contributed by atoms with Crippen LogP contribution in [0.1, 0.15) is 0 Å². The first-order valence-corrected chi connectivity index (χ1v) is 6.87. The van der Waals surface area contributed by atoms with E-state index in [1.807, 2.05) is 30.3 Å². The summed E-state index contributed by atoms with van der Waals surface area (Å²) in [7, 11) is 1.66. The molecule has 3 heteroatoms. The van der Waals surface area contributed by atoms with Crippen molar-refractivity contribution in [3.63, 3.8) is 0 Å². The van der Waals surface area contributed by atoms with Crippen molar-refractivity contribution in [2.75, 3.05) is 7.11 Å². The van der Waals surface area contributed by atoms with E-state index in [0.29, 0.717) is 5.88 Å². The van der Waals surface area contributed by atoms with Crippen LogP contribution >= 0.6 is 0 Å². The fourth-order valence-corrected chi connectivity index (χ4v) is 2.67. The highest BCUT2D eigenvalue weighted by atomic mass is 16.5. The topological polar surface area (TPSA) is 37.9 Å². The summed E-state index contributed by atoms with van der Waals surface area (Å²) >= 11 is 0. The summed E-state index contributed by atoms with van der Waals surface area (Å²) in [5, 5.41) is 2.29. The SMILES string of the molecule is COc1nc2ccccc2cc1-c1cc2ccccc2[nH]1. The summed E-state index contributed by atoms with van der Waals surface area (Å²) in [6, 6.07) is 20.5. The van der Waals surface area contributed by atoms with Crippen molar-refractivity contribution in [1.29, 1.82) is 0 Å². The van der Waals surface area contributed by atoms with Crippen LogP contribution in [-0.4, -0.2) is 17.1 Å². The average Bonchev–Trinajstić information content (AvgIpc) is 2.97. The van der Waals surface area contributed by atoms with E-state index in [1.54, 1.807) is 7.11 Å². The second-order valence-electron chi connectivity index (χ2n) is 5.01. The second kappa shape index (κ2) is 4.63. The van der Waals surface area contributed by atoms with Gasteiger partial charge in [-0.15, -0.1) is 0 Å². The molecule has 0 atom stereocenters. The van der Waals surface area contributed by atoms with Crippen LogP contribution in [0.2, 0.25) is 0 Å². The van der Waals surface area contributed by atoms with E-state index in [0.717, 1.165) is 27.7 Å². The lowest BCUT2D eigenvalue weighted by molar-refractivity contribution is 0.401. The van der Waals surface area contributed by atoms with Crippen molar-refractivity contribution < 1.29 is 4.74 Å². The highest BCUT2D eigenvalue weighted by Gasteiger charge is 2.11. The number of aromatic nitrogens is 2. The average molecular weight is 274 g/mol. The molecule has 0 radical (unpaired) electrons. The minimum Gasteiger partial charge on any atom is -0.480 e. The van der Waals surface area contributed by atoms with E-state index in [9.17, 15) is 0 Å². The predicted molar refractivity (Wildman–Crippen MR) is 85.6 cm³/mol. The molecule has 0 saturated carbocycles. The van der Waals surface area contributed by atoms with Crippen LogP contribution < -0.4 is 4.74 Å². The van der Waals surface area contributed by atoms with Crippen LogP contribution in [0.5, 0.6) is 5.88 Å². The molecule has 0 aliphatic carbocycles. The van der Waals surface area contributed by atoms with Gasteiger partial charge in [0.05, 0.1) is 23.9 Å². The zero-order valence-corrected chi connectivity index (χ0v) is 11.6. The molecule has 0 aliphatic heterocycles. The molecule has 0 amide bonds. The Hall–Kier alpha value is -2.81. The normalized spacial score (nSPS) is 11.1. The number of nitrogens with zero attached hydrogens (tertiary/aromatic N) is 1. The molecule has 1 N–H and O–H groups in total. The number of hydrogen-bond acceptors (Lipinski definition) is 2. The Morgan fingerprint density at radius 1 is 0.905 bits per heavy atom. The number of rotatable bonds is 2. The lowest BCUT2D eigenvalue weighted by Crippen LogP contribution is -1.92. The first-order chi connectivity index (χ1) is 10.3. The first-order valence-electron chi connectivity index (χ1n) is 6.87. The molecule has 2 aromatic carbocycles. The van der Waals surface area contributed by atoms with Crippen LogP contribution in [0.4, 0.5) is 0 Å². The Morgan fingerprint density at radius 3 is 2.48 bits per heavy atom. The fraction of sp³-hybridized carbons (Fsp3) is 0.0556. The molecule has 4 aromatic rings. The zero-order chi connectivity index (χ0) is 14.2. The van der Waals surface area contributed by atoms with Gasteiger partial charge in [0, 0.05) is 16.3 Å². The second-order valence-corrected chi connectivity index (χ2v) is 5.01. The molecule has 0 bridgehead atoms. The summed E-state index contributed by atoms with van der Waals surface area (Å²) in [6.07, 6.45) is 0. The number of nitrogens with one attached hydrogen (secondary N) is 1. The first kappa shape index (κ1) is 12.0. The van der Waals surface area contributed by atoms with E-state index in [-0.39, 0.29) is 0 Å². The molecule has 4 rings (SSSR count). The van der Waals surface area contributed by atoms with Gasteiger partial charge in [0.25, 0.3) is 0 Å². The molecule has 0 unspecified atom stereocenters. The van der Waals surface area contributed by atoms with Gasteiger partial charge in [-0.3, -0.25) is 0 Å². The third kappa shape index (κ3) is 1.94. The van der Waals surface area contributed by atoms with Crippen LogP contribution in [0.3, 0.4) is 0 Å². The quantitative estimate of drug-likeness (QED) is 0.588. The van der Waals surface area contributed by atoms with E-state index >= 15 is 0 Å². The number of aromatic amines is 1. The van der Waals surface area contributed by atoms with E-state index in [2.05, 4.69) is 40.3 Å². The number of H-pyrrole nitrogens is 1. The highest BCUT2D eigenvalue weighted by Crippen LogP contribution is 2.32. The Labute approximate surface area is 122 Å².